The van der Waals surface area contributed by atoms with Gasteiger partial charge in [0.15, 0.2) is 0 Å². The highest BCUT2D eigenvalue weighted by Gasteiger charge is 2.50. The van der Waals surface area contributed by atoms with Crippen molar-refractivity contribution in [3.05, 3.63) is 35.6 Å². The molecular formula is C15H24BN3O2. The minimum atomic E-state index is -0.390. The van der Waals surface area contributed by atoms with Crippen molar-refractivity contribution >= 4 is 13.2 Å². The van der Waals surface area contributed by atoms with Gasteiger partial charge in [0, 0.05) is 18.8 Å². The van der Waals surface area contributed by atoms with Crippen molar-refractivity contribution in [2.75, 3.05) is 6.54 Å². The Morgan fingerprint density at radius 2 is 1.90 bits per heavy atom. The molecule has 1 aromatic rings. The van der Waals surface area contributed by atoms with E-state index >= 15 is 0 Å². The molecule has 1 aliphatic rings. The number of aromatic nitrogens is 1. The van der Waals surface area contributed by atoms with E-state index in [1.54, 1.807) is 6.20 Å². The lowest BCUT2D eigenvalue weighted by atomic mass is 9.89. The predicted molar refractivity (Wildman–Crippen MR) is 85.3 cm³/mol. The summed E-state index contributed by atoms with van der Waals surface area (Å²) in [7, 11) is -0.390. The van der Waals surface area contributed by atoms with Gasteiger partial charge < -0.3 is 20.8 Å². The number of hydrogen-bond donors (Lipinski definition) is 2. The first-order valence-corrected chi connectivity index (χ1v) is 7.21. The number of pyridine rings is 1. The van der Waals surface area contributed by atoms with Crippen molar-refractivity contribution in [2.45, 2.75) is 44.9 Å². The molecule has 1 fully saturated rings. The van der Waals surface area contributed by atoms with Crippen LogP contribution in [0, 0.1) is 0 Å². The maximum Gasteiger partial charge on any atom is 0.487 e. The van der Waals surface area contributed by atoms with Gasteiger partial charge >= 0.3 is 7.12 Å². The van der Waals surface area contributed by atoms with Crippen LogP contribution < -0.4 is 11.5 Å². The van der Waals surface area contributed by atoms with Crippen LogP contribution in [0.2, 0.25) is 0 Å². The van der Waals surface area contributed by atoms with Crippen LogP contribution in [-0.2, 0) is 9.31 Å². The molecule has 5 nitrogen and oxygen atoms in total. The van der Waals surface area contributed by atoms with E-state index in [9.17, 15) is 0 Å². The normalized spacial score (nSPS) is 21.9. The minimum absolute atomic E-state index is 0.225. The van der Waals surface area contributed by atoms with Gasteiger partial charge in [0.2, 0.25) is 0 Å². The Hall–Kier alpha value is -1.21. The molecule has 4 N–H and O–H groups in total. The Balaban J connectivity index is 2.17. The van der Waals surface area contributed by atoms with Gasteiger partial charge in [-0.2, -0.15) is 0 Å². The first-order chi connectivity index (χ1) is 9.77. The Morgan fingerprint density at radius 1 is 1.29 bits per heavy atom. The summed E-state index contributed by atoms with van der Waals surface area (Å²) in [5.74, 6) is 1.87. The van der Waals surface area contributed by atoms with Crippen molar-refractivity contribution < 1.29 is 9.31 Å². The van der Waals surface area contributed by atoms with E-state index in [4.69, 9.17) is 20.8 Å². The molecule has 0 saturated carbocycles. The molecule has 1 atom stereocenters. The van der Waals surface area contributed by atoms with Crippen LogP contribution in [-0.4, -0.2) is 29.8 Å². The predicted octanol–water partition coefficient (Wildman–Crippen LogP) is 1.68. The molecule has 114 valence electrons. The Kier molecular flexibility index (Phi) is 4.53. The second-order valence-electron chi connectivity index (χ2n) is 6.30. The maximum absolute atomic E-state index is 6.00. The molecule has 1 aliphatic heterocycles. The summed E-state index contributed by atoms with van der Waals surface area (Å²) in [5, 5.41) is 0. The summed E-state index contributed by atoms with van der Waals surface area (Å²) in [6.45, 7) is 8.48. The lowest BCUT2D eigenvalue weighted by molar-refractivity contribution is 0.00578. The Labute approximate surface area is 126 Å². The standard InChI is InChI=1S/C15H24BN3O2/c1-14(2)15(3,4)21-16(20-14)8-7-13-11(12(18)10-17)6-5-9-19-13/h5-9,12H,10,17-18H2,1-4H3/b8-7+/t12-/m0/s1. The van der Waals surface area contributed by atoms with Crippen molar-refractivity contribution in [3.8, 4) is 0 Å². The molecule has 6 heteroatoms. The molecule has 0 amide bonds. The summed E-state index contributed by atoms with van der Waals surface area (Å²) in [6.07, 6.45) is 3.61. The minimum Gasteiger partial charge on any atom is -0.400 e. The van der Waals surface area contributed by atoms with Gasteiger partial charge in [0.05, 0.1) is 16.9 Å². The summed E-state index contributed by atoms with van der Waals surface area (Å²) in [6, 6.07) is 3.57. The molecule has 1 saturated heterocycles. The lowest BCUT2D eigenvalue weighted by Gasteiger charge is -2.32. The van der Waals surface area contributed by atoms with Crippen LogP contribution in [0.3, 0.4) is 0 Å². The monoisotopic (exact) mass is 289 g/mol. The molecule has 2 heterocycles. The van der Waals surface area contributed by atoms with Gasteiger partial charge in [-0.25, -0.2) is 0 Å². The smallest absolute Gasteiger partial charge is 0.400 e. The van der Waals surface area contributed by atoms with Gasteiger partial charge in [-0.1, -0.05) is 12.0 Å². The van der Waals surface area contributed by atoms with Gasteiger partial charge in [0.25, 0.3) is 0 Å². The molecule has 21 heavy (non-hydrogen) atoms. The number of nitrogens with two attached hydrogens (primary N) is 2. The molecular weight excluding hydrogens is 265 g/mol. The molecule has 0 aromatic carbocycles. The van der Waals surface area contributed by atoms with Crippen molar-refractivity contribution in [1.29, 1.82) is 0 Å². The molecule has 0 aliphatic carbocycles. The highest BCUT2D eigenvalue weighted by Crippen LogP contribution is 2.37. The van der Waals surface area contributed by atoms with Gasteiger partial charge in [-0.05, 0) is 45.4 Å². The molecule has 1 aromatic heterocycles. The molecule has 0 bridgehead atoms. The third kappa shape index (κ3) is 3.35. The topological polar surface area (TPSA) is 83.4 Å². The van der Waals surface area contributed by atoms with Crippen molar-refractivity contribution in [1.82, 2.24) is 4.98 Å². The van der Waals surface area contributed by atoms with Gasteiger partial charge in [-0.15, -0.1) is 0 Å². The first kappa shape index (κ1) is 16.2. The summed E-state index contributed by atoms with van der Waals surface area (Å²) in [5.41, 5.74) is 12.7. The SMILES string of the molecule is CC1(C)OB(/C=C/c2ncccc2[C@@H](N)CN)OC1(C)C. The number of rotatable bonds is 4. The van der Waals surface area contributed by atoms with Crippen LogP contribution >= 0.6 is 0 Å². The Morgan fingerprint density at radius 3 is 2.48 bits per heavy atom. The zero-order valence-corrected chi connectivity index (χ0v) is 13.2. The third-order valence-electron chi connectivity index (χ3n) is 4.21. The van der Waals surface area contributed by atoms with Crippen LogP contribution in [0.4, 0.5) is 0 Å². The fourth-order valence-corrected chi connectivity index (χ4v) is 2.15. The molecule has 2 rings (SSSR count). The van der Waals surface area contributed by atoms with Crippen LogP contribution in [0.25, 0.3) is 6.08 Å². The van der Waals surface area contributed by atoms with E-state index in [-0.39, 0.29) is 24.4 Å². The largest absolute Gasteiger partial charge is 0.487 e. The Bertz CT molecular complexity index is 515. The van der Waals surface area contributed by atoms with Gasteiger partial charge in [-0.3, -0.25) is 4.98 Å². The number of nitrogens with zero attached hydrogens (tertiary/aromatic N) is 1. The summed E-state index contributed by atoms with van der Waals surface area (Å²) in [4.78, 5) is 4.35. The van der Waals surface area contributed by atoms with Gasteiger partial charge in [0.1, 0.15) is 0 Å². The molecule has 0 radical (unpaired) electrons. The van der Waals surface area contributed by atoms with Crippen molar-refractivity contribution in [2.24, 2.45) is 11.5 Å². The average molecular weight is 289 g/mol. The summed E-state index contributed by atoms with van der Waals surface area (Å²) >= 11 is 0. The lowest BCUT2D eigenvalue weighted by Crippen LogP contribution is -2.41. The van der Waals surface area contributed by atoms with E-state index in [1.807, 2.05) is 51.9 Å². The highest BCUT2D eigenvalue weighted by molar-refractivity contribution is 6.52. The van der Waals surface area contributed by atoms with Crippen LogP contribution in [0.1, 0.15) is 45.0 Å². The van der Waals surface area contributed by atoms with Crippen LogP contribution in [0.5, 0.6) is 0 Å². The van der Waals surface area contributed by atoms with E-state index < -0.39 is 0 Å². The van der Waals surface area contributed by atoms with Crippen LogP contribution in [0.15, 0.2) is 24.3 Å². The summed E-state index contributed by atoms with van der Waals surface area (Å²) < 4.78 is 11.8. The second kappa shape index (κ2) is 5.89. The van der Waals surface area contributed by atoms with E-state index in [1.165, 1.54) is 0 Å². The second-order valence-corrected chi connectivity index (χ2v) is 6.30. The zero-order chi connectivity index (χ0) is 15.7. The fourth-order valence-electron chi connectivity index (χ4n) is 2.15. The average Bonchev–Trinajstić information content (AvgIpc) is 2.64. The number of hydrogen-bond acceptors (Lipinski definition) is 5. The first-order valence-electron chi connectivity index (χ1n) is 7.21. The third-order valence-corrected chi connectivity index (χ3v) is 4.21. The highest BCUT2D eigenvalue weighted by atomic mass is 16.7. The zero-order valence-electron chi connectivity index (χ0n) is 13.2. The van der Waals surface area contributed by atoms with E-state index in [0.29, 0.717) is 6.54 Å². The molecule has 0 unspecified atom stereocenters. The van der Waals surface area contributed by atoms with E-state index in [2.05, 4.69) is 4.98 Å². The van der Waals surface area contributed by atoms with E-state index in [0.717, 1.165) is 11.3 Å². The van der Waals surface area contributed by atoms with Crippen molar-refractivity contribution in [3.63, 3.8) is 0 Å². The maximum atomic E-state index is 6.00. The quantitative estimate of drug-likeness (QED) is 0.824. The fraction of sp³-hybridized carbons (Fsp3) is 0.533. The molecule has 0 spiro atoms.